The highest BCUT2D eigenvalue weighted by Crippen LogP contribution is 2.38. The molecule has 0 aromatic carbocycles. The third kappa shape index (κ3) is 38.1. The maximum absolute atomic E-state index is 13.4. The number of ketones is 1. The van der Waals surface area contributed by atoms with Crippen LogP contribution in [0.1, 0.15) is 199 Å². The third-order valence-corrected chi connectivity index (χ3v) is 30.6. The molecule has 1 atom stereocenters. The summed E-state index contributed by atoms with van der Waals surface area (Å²) in [4.78, 5) is 159. The standard InChI is InChI=1S/C12H12BrF2N3OS2.C12H10ClF2N3OS.C12H13F2N3O2S2.C12H11F2N3O2S2.C12H13F2N3OS2.C12H11F2N3OS2.C12H15N3OS2/c1-3-6-7(21-5-16-6)4-20-11-17-9(12(2,14)15)8(13)10(19)18-11;1-12(14,15)9-4-10(19)18-11(17-9)20-6-7-2-3-16-5-8(7)13;2*1-6(18)10-7(21-5-15-10)4-20-11-16-8(12(2,13)14)3-9(19)17-11;2*1-3-7-8(20-6-15-7)5-19-11-16-9(12(2,13)14)4-10(18)17-11;1-4-9-10(18-7-13-9)6-17-12-14-8(2)5-11(15-12)16-3/h5H,3-4H2,1-2H3,(H,17,18,19);2-5H,6H2,1H3,(H,17,18,19);3,5-6,18H,4H2,1-2H3,(H,16,17,19);3,5H,4H2,1-2H3,(H,16,17,19);4,6H,3,5H2,1-2H3,(H,16,17,18);3-4,6H,1,5H2,2H3,(H,16,17,18);5,7H,4,6H2,1-3H3/i;;;;5D2;;. The number of hydrogen-bond acceptors (Lipinski definition) is 37. The molecule has 14 heterocycles. The van der Waals surface area contributed by atoms with Crippen molar-refractivity contribution in [1.82, 2.24) is 105 Å². The number of nitrogens with one attached hydrogen (secondary N) is 6. The number of carbonyl (C=O) groups is 1. The van der Waals surface area contributed by atoms with E-state index in [2.05, 4.69) is 134 Å². The van der Waals surface area contributed by atoms with E-state index in [0.29, 0.717) is 132 Å². The minimum atomic E-state index is -3.27. The molecule has 756 valence electrons. The summed E-state index contributed by atoms with van der Waals surface area (Å²) in [6.45, 7) is 18.7. The molecule has 0 saturated carbocycles. The number of alkyl halides is 12. The Morgan fingerprint density at radius 3 is 1.26 bits per heavy atom. The summed E-state index contributed by atoms with van der Waals surface area (Å²) >= 11 is 25.1. The van der Waals surface area contributed by atoms with Crippen LogP contribution in [-0.2, 0) is 95.0 Å². The largest absolute Gasteiger partial charge is 0.481 e. The molecule has 0 spiro atoms. The number of aliphatic hydroxyl groups excluding tert-OH is 1. The molecule has 0 aliphatic heterocycles. The molecule has 0 fully saturated rings. The minimum absolute atomic E-state index is 0.0851. The number of ether oxygens (including phenoxy) is 1. The van der Waals surface area contributed by atoms with Crippen LogP contribution in [-0.4, -0.2) is 123 Å². The molecular weight excluding hydrogens is 2210 g/mol. The van der Waals surface area contributed by atoms with E-state index in [4.69, 9.17) is 19.1 Å². The Kier molecular flexibility index (Phi) is 43.7. The quantitative estimate of drug-likeness (QED) is 0.00852. The average molecular weight is 2290 g/mol. The van der Waals surface area contributed by atoms with E-state index < -0.39 is 115 Å². The summed E-state index contributed by atoms with van der Waals surface area (Å²) in [5, 5.41) is 11.2. The smallest absolute Gasteiger partial charge is 0.288 e. The van der Waals surface area contributed by atoms with Gasteiger partial charge in [-0.05, 0) is 66.7 Å². The van der Waals surface area contributed by atoms with Gasteiger partial charge < -0.3 is 39.7 Å². The fourth-order valence-corrected chi connectivity index (χ4v) is 22.8. The van der Waals surface area contributed by atoms with Crippen LogP contribution in [0.3, 0.4) is 0 Å². The molecule has 30 nitrogen and oxygen atoms in total. The second kappa shape index (κ2) is 54.1. The van der Waals surface area contributed by atoms with Crippen molar-refractivity contribution in [2.45, 2.75) is 220 Å². The highest BCUT2D eigenvalue weighted by Gasteiger charge is 2.34. The number of thioether (sulfide) groups is 7. The van der Waals surface area contributed by atoms with Crippen LogP contribution < -0.4 is 38.1 Å². The molecule has 0 bridgehead atoms. The van der Waals surface area contributed by atoms with Crippen LogP contribution in [0.5, 0.6) is 5.88 Å². The molecule has 57 heteroatoms. The number of nitrogens with zero attached hydrogens (tertiary/aromatic N) is 15. The van der Waals surface area contributed by atoms with Crippen molar-refractivity contribution in [3.63, 3.8) is 0 Å². The number of aryl methyl sites for hydroxylation is 4. The third-order valence-electron chi connectivity index (χ3n) is 17.3. The average Bonchev–Trinajstić information content (AvgIpc) is 1.55. The zero-order valence-electron chi connectivity index (χ0n) is 77.9. The topological polar surface area (TPSA) is 437 Å². The van der Waals surface area contributed by atoms with Gasteiger partial charge >= 0.3 is 0 Å². The van der Waals surface area contributed by atoms with Gasteiger partial charge in [-0.2, -0.15) is 57.7 Å². The maximum Gasteiger partial charge on any atom is 0.288 e. The second-order valence-corrected chi connectivity index (χ2v) is 42.1. The lowest BCUT2D eigenvalue weighted by molar-refractivity contribution is 0.0104. The van der Waals surface area contributed by atoms with Crippen molar-refractivity contribution in [2.75, 3.05) is 7.11 Å². The monoisotopic (exact) mass is 2290 g/mol. The number of halogens is 14. The van der Waals surface area contributed by atoms with E-state index in [1.807, 2.05) is 32.3 Å². The fourth-order valence-electron chi connectivity index (χ4n) is 10.5. The van der Waals surface area contributed by atoms with Gasteiger partial charge in [0.05, 0.1) is 79.8 Å². The van der Waals surface area contributed by atoms with E-state index in [-0.39, 0.29) is 41.2 Å². The highest BCUT2D eigenvalue weighted by molar-refractivity contribution is 9.10. The number of carbonyl (C=O) groups excluding carboxylic acids is 1. The highest BCUT2D eigenvalue weighted by atomic mass is 79.9. The molecule has 0 radical (unpaired) electrons. The number of aliphatic hydroxyl groups is 1. The fraction of sp³-hybridized carbons (Fsp3) is 0.357. The van der Waals surface area contributed by atoms with E-state index >= 15 is 0 Å². The Bertz CT molecular complexity index is 7000. The Balaban J connectivity index is 0.000000204. The molecule has 0 saturated heterocycles. The van der Waals surface area contributed by atoms with Crippen LogP contribution in [0.25, 0.3) is 6.08 Å². The first-order chi connectivity index (χ1) is 67.0. The van der Waals surface area contributed by atoms with Gasteiger partial charge in [-0.15, -0.1) is 68.0 Å². The lowest BCUT2D eigenvalue weighted by atomic mass is 10.2. The Morgan fingerprint density at radius 1 is 0.489 bits per heavy atom. The number of rotatable bonds is 34. The van der Waals surface area contributed by atoms with Crippen molar-refractivity contribution >= 4 is 190 Å². The lowest BCUT2D eigenvalue weighted by Gasteiger charge is -2.12. The van der Waals surface area contributed by atoms with E-state index in [0.717, 1.165) is 132 Å². The van der Waals surface area contributed by atoms with Crippen LogP contribution in [0, 0.1) is 6.92 Å². The normalized spacial score (nSPS) is 12.1. The first kappa shape index (κ1) is 114. The zero-order valence-corrected chi connectivity index (χ0v) is 88.9. The van der Waals surface area contributed by atoms with Crippen molar-refractivity contribution in [3.05, 3.63) is 275 Å². The lowest BCUT2D eigenvalue weighted by Crippen LogP contribution is -2.20. The van der Waals surface area contributed by atoms with Crippen LogP contribution in [0.4, 0.5) is 52.7 Å². The van der Waals surface area contributed by atoms with Crippen molar-refractivity contribution < 1.29 is 70.1 Å². The zero-order chi connectivity index (χ0) is 106. The number of thiazole rings is 6. The Morgan fingerprint density at radius 2 is 0.851 bits per heavy atom. The van der Waals surface area contributed by atoms with Gasteiger partial charge in [0, 0.05) is 175 Å². The number of H-pyrrole nitrogens is 6. The van der Waals surface area contributed by atoms with Crippen LogP contribution in [0.15, 0.2) is 164 Å². The summed E-state index contributed by atoms with van der Waals surface area (Å²) < 4.78 is 180. The summed E-state index contributed by atoms with van der Waals surface area (Å²) in [5.74, 6) is -15.7. The summed E-state index contributed by atoms with van der Waals surface area (Å²) in [6, 6.07) is 7.43. The van der Waals surface area contributed by atoms with E-state index in [1.165, 1.54) is 98.1 Å². The maximum atomic E-state index is 13.4. The second-order valence-electron chi connectivity index (χ2n) is 28.8. The Hall–Kier alpha value is -9.16. The first-order valence-electron chi connectivity index (χ1n) is 41.4. The summed E-state index contributed by atoms with van der Waals surface area (Å²) in [6.07, 6.45) is 6.32. The molecule has 14 aromatic rings. The van der Waals surface area contributed by atoms with Crippen molar-refractivity contribution in [1.29, 1.82) is 0 Å². The molecule has 0 amide bonds. The molecule has 0 aliphatic rings. The van der Waals surface area contributed by atoms with E-state index in [1.54, 1.807) is 77.5 Å². The number of aromatic amines is 6. The van der Waals surface area contributed by atoms with Gasteiger partial charge in [0.15, 0.2) is 41.9 Å². The molecule has 0 aliphatic carbocycles. The predicted molar refractivity (Wildman–Crippen MR) is 535 cm³/mol. The molecule has 141 heavy (non-hydrogen) atoms. The van der Waals surface area contributed by atoms with Crippen LogP contribution in [0.2, 0.25) is 5.02 Å². The predicted octanol–water partition coefficient (Wildman–Crippen LogP) is 22.3. The van der Waals surface area contributed by atoms with Gasteiger partial charge in [0.1, 0.15) is 44.3 Å². The molecule has 1 unspecified atom stereocenters. The number of aromatic nitrogens is 21. The SMILES string of the molecule is C=Cc1ncsc1CSc1nc(C(C)(F)F)cc(=O)[nH]1.CC(=O)c1ncsc1CSc1nc(C(C)(F)F)cc(=O)[nH]1.CC(F)(F)c1cc(=O)[nH]c(SCc2ccncc2Cl)n1.CC(O)c1ncsc1CSc1nc(C(C)(F)F)cc(=O)[nH]1.CCc1ncsc1CSc1nc(C(C)(F)F)c(Br)c(=O)[nH]1.CCc1ncsc1CSc1nc(C)cc(OC)n1.[2H]C([2H])(Sc1nc(C(C)(F)F)cc(=O)[nH]1)c1scnc1CC. The van der Waals surface area contributed by atoms with Gasteiger partial charge in [-0.25, -0.2) is 64.8 Å². The molecule has 7 N–H and O–H groups in total. The molecular formula is C84H85BrClF12N21O9S13. The van der Waals surface area contributed by atoms with Gasteiger partial charge in [0.2, 0.25) is 5.88 Å². The number of hydrogen-bond donors (Lipinski definition) is 7. The van der Waals surface area contributed by atoms with Gasteiger partial charge in [0.25, 0.3) is 68.9 Å². The molecule has 14 rings (SSSR count). The summed E-state index contributed by atoms with van der Waals surface area (Å²) in [5.41, 5.74) is 6.90. The Labute approximate surface area is 865 Å². The first-order valence-corrected chi connectivity index (χ1v) is 53.6. The van der Waals surface area contributed by atoms with Gasteiger partial charge in [-0.3, -0.25) is 38.5 Å². The summed E-state index contributed by atoms with van der Waals surface area (Å²) in [7, 11) is 1.62. The molecule has 14 aromatic heterocycles. The van der Waals surface area contributed by atoms with Crippen molar-refractivity contribution in [3.8, 4) is 5.88 Å². The number of pyridine rings is 1. The van der Waals surface area contributed by atoms with Crippen molar-refractivity contribution in [2.24, 2.45) is 0 Å². The van der Waals surface area contributed by atoms with Gasteiger partial charge in [-0.1, -0.05) is 121 Å². The number of Topliss-reactive ketones (excluding diaryl/α,β-unsaturated/α-hetero) is 1. The number of methoxy groups -OCH3 is 1. The van der Waals surface area contributed by atoms with E-state index in [9.17, 15) is 91.4 Å². The van der Waals surface area contributed by atoms with Crippen LogP contribution >= 0.6 is 178 Å². The minimum Gasteiger partial charge on any atom is -0.481 e.